The molecule has 6 heteroatoms. The molecule has 0 fully saturated rings. The number of rotatable bonds is 2. The third-order valence-corrected chi connectivity index (χ3v) is 8.91. The first-order valence-corrected chi connectivity index (χ1v) is 10.1. The average Bonchev–Trinajstić information content (AvgIpc) is 2.59. The molecule has 0 aliphatic rings. The number of hydrogen-bond acceptors (Lipinski definition) is 2. The fourth-order valence-electron chi connectivity index (χ4n) is 1.49. The number of fused-ring (bicyclic) bond motifs is 1. The molecule has 0 atom stereocenters. The maximum absolute atomic E-state index is 14.1. The van der Waals surface area contributed by atoms with Crippen molar-refractivity contribution in [2.45, 2.75) is 38.9 Å². The molecule has 19 heavy (non-hydrogen) atoms. The molecule has 0 amide bonds. The van der Waals surface area contributed by atoms with Crippen LogP contribution in [0.25, 0.3) is 10.9 Å². The van der Waals surface area contributed by atoms with Crippen LogP contribution in [0.1, 0.15) is 20.8 Å². The van der Waals surface area contributed by atoms with Gasteiger partial charge in [-0.15, -0.1) is 0 Å². The lowest BCUT2D eigenvalue weighted by Gasteiger charge is -2.36. The summed E-state index contributed by atoms with van der Waals surface area (Å²) in [4.78, 5) is 0. The van der Waals surface area contributed by atoms with Gasteiger partial charge >= 0.3 is 0 Å². The molecule has 2 rings (SSSR count). The zero-order valence-electron chi connectivity index (χ0n) is 11.8. The summed E-state index contributed by atoms with van der Waals surface area (Å²) in [6.07, 6.45) is 0. The minimum absolute atomic E-state index is 0.0396. The van der Waals surface area contributed by atoms with Gasteiger partial charge in [-0.25, -0.2) is 4.39 Å². The van der Waals surface area contributed by atoms with Gasteiger partial charge in [-0.3, -0.25) is 5.10 Å². The predicted octanol–water partition coefficient (Wildman–Crippen LogP) is 4.69. The summed E-state index contributed by atoms with van der Waals surface area (Å²) in [6, 6.07) is 3.20. The van der Waals surface area contributed by atoms with Crippen LogP contribution in [0.4, 0.5) is 4.39 Å². The van der Waals surface area contributed by atoms with Crippen molar-refractivity contribution >= 4 is 41.8 Å². The number of nitrogens with one attached hydrogen (secondary N) is 1. The second kappa shape index (κ2) is 4.73. The van der Waals surface area contributed by atoms with Gasteiger partial charge < -0.3 is 4.43 Å². The first kappa shape index (κ1) is 14.8. The Kier molecular flexibility index (Phi) is 3.68. The van der Waals surface area contributed by atoms with Crippen LogP contribution in [0.3, 0.4) is 0 Å². The van der Waals surface area contributed by atoms with Crippen LogP contribution < -0.4 is 4.43 Å². The topological polar surface area (TPSA) is 37.9 Å². The molecule has 104 valence electrons. The largest absolute Gasteiger partial charge is 0.542 e. The highest BCUT2D eigenvalue weighted by Gasteiger charge is 2.39. The number of aromatic amines is 1. The monoisotopic (exact) mass is 392 g/mol. The molecule has 0 radical (unpaired) electrons. The summed E-state index contributed by atoms with van der Waals surface area (Å²) in [5, 5.41) is 7.82. The third-order valence-electron chi connectivity index (χ3n) is 3.74. The summed E-state index contributed by atoms with van der Waals surface area (Å²) < 4.78 is 21.0. The van der Waals surface area contributed by atoms with E-state index in [1.165, 1.54) is 6.07 Å². The Bertz CT molecular complexity index is 619. The molecule has 0 bridgehead atoms. The quantitative estimate of drug-likeness (QED) is 0.595. The summed E-state index contributed by atoms with van der Waals surface area (Å²) >= 11 is 2.13. The standard InChI is InChI=1S/C13H18FIN2OSi/c1-13(2,3)19(4,5)18-11-6-8-10(7-9(11)14)16-17-12(8)15/h6-7H,1-5H3,(H,16,17). The lowest BCUT2D eigenvalue weighted by molar-refractivity contribution is 0.458. The summed E-state index contributed by atoms with van der Waals surface area (Å²) in [6.45, 7) is 10.6. The fourth-order valence-corrected chi connectivity index (χ4v) is 3.07. The van der Waals surface area contributed by atoms with Crippen molar-refractivity contribution in [3.8, 4) is 5.75 Å². The van der Waals surface area contributed by atoms with Gasteiger partial charge in [0.1, 0.15) is 9.45 Å². The molecule has 2 aromatic rings. The highest BCUT2D eigenvalue weighted by Crippen LogP contribution is 2.38. The van der Waals surface area contributed by atoms with E-state index >= 15 is 0 Å². The Morgan fingerprint density at radius 3 is 2.53 bits per heavy atom. The second-order valence-corrected chi connectivity index (χ2v) is 12.0. The Labute approximate surface area is 127 Å². The van der Waals surface area contributed by atoms with Gasteiger partial charge in [0, 0.05) is 11.5 Å². The predicted molar refractivity (Wildman–Crippen MR) is 86.6 cm³/mol. The van der Waals surface area contributed by atoms with Crippen molar-refractivity contribution in [3.63, 3.8) is 0 Å². The zero-order valence-corrected chi connectivity index (χ0v) is 14.9. The fraction of sp³-hybridized carbons (Fsp3) is 0.462. The Hall–Kier alpha value is -0.633. The Balaban J connectivity index is 2.45. The molecule has 1 aromatic heterocycles. The highest BCUT2D eigenvalue weighted by molar-refractivity contribution is 14.1. The van der Waals surface area contributed by atoms with E-state index in [4.69, 9.17) is 4.43 Å². The van der Waals surface area contributed by atoms with Crippen LogP contribution >= 0.6 is 22.6 Å². The van der Waals surface area contributed by atoms with Gasteiger partial charge in [0.15, 0.2) is 5.82 Å². The number of aromatic nitrogens is 2. The van der Waals surface area contributed by atoms with Crippen molar-refractivity contribution in [2.75, 3.05) is 0 Å². The first-order valence-electron chi connectivity index (χ1n) is 6.14. The molecule has 0 spiro atoms. The summed E-state index contributed by atoms with van der Waals surface area (Å²) in [5.41, 5.74) is 0.699. The van der Waals surface area contributed by atoms with Crippen LogP contribution in [0, 0.1) is 9.52 Å². The minimum Gasteiger partial charge on any atom is -0.542 e. The number of halogens is 2. The van der Waals surface area contributed by atoms with Crippen molar-refractivity contribution in [3.05, 3.63) is 21.7 Å². The molecule has 0 unspecified atom stereocenters. The van der Waals surface area contributed by atoms with E-state index in [0.717, 1.165) is 9.09 Å². The third kappa shape index (κ3) is 2.79. The number of H-pyrrole nitrogens is 1. The van der Waals surface area contributed by atoms with Gasteiger partial charge in [-0.2, -0.15) is 5.10 Å². The lowest BCUT2D eigenvalue weighted by atomic mass is 10.2. The smallest absolute Gasteiger partial charge is 0.250 e. The van der Waals surface area contributed by atoms with E-state index in [-0.39, 0.29) is 10.9 Å². The van der Waals surface area contributed by atoms with E-state index in [0.29, 0.717) is 11.3 Å². The lowest BCUT2D eigenvalue weighted by Crippen LogP contribution is -2.44. The number of benzene rings is 1. The molecular formula is C13H18FIN2OSi. The second-order valence-electron chi connectivity index (χ2n) is 6.21. The van der Waals surface area contributed by atoms with E-state index in [2.05, 4.69) is 66.7 Å². The minimum atomic E-state index is -2.03. The number of nitrogens with zero attached hydrogens (tertiary/aromatic N) is 1. The van der Waals surface area contributed by atoms with E-state index in [9.17, 15) is 4.39 Å². The van der Waals surface area contributed by atoms with Crippen molar-refractivity contribution < 1.29 is 8.82 Å². The molecule has 0 saturated carbocycles. The van der Waals surface area contributed by atoms with Crippen molar-refractivity contribution in [1.29, 1.82) is 0 Å². The Morgan fingerprint density at radius 1 is 1.32 bits per heavy atom. The molecule has 1 heterocycles. The van der Waals surface area contributed by atoms with Crippen LogP contribution in [-0.2, 0) is 0 Å². The maximum Gasteiger partial charge on any atom is 0.250 e. The SMILES string of the molecule is CC(C)(C)[Si](C)(C)Oc1cc2c(I)n[nH]c2cc1F. The van der Waals surface area contributed by atoms with Gasteiger partial charge in [0.25, 0.3) is 8.32 Å². The van der Waals surface area contributed by atoms with Crippen LogP contribution in [0.2, 0.25) is 18.1 Å². The molecule has 0 aliphatic heterocycles. The molecule has 1 N–H and O–H groups in total. The van der Waals surface area contributed by atoms with E-state index < -0.39 is 8.32 Å². The van der Waals surface area contributed by atoms with Gasteiger partial charge in [-0.1, -0.05) is 20.8 Å². The van der Waals surface area contributed by atoms with Crippen LogP contribution in [0.5, 0.6) is 5.75 Å². The molecule has 1 aromatic carbocycles. The summed E-state index contributed by atoms with van der Waals surface area (Å²) in [7, 11) is -2.03. The van der Waals surface area contributed by atoms with Gasteiger partial charge in [0.2, 0.25) is 0 Å². The normalized spacial score (nSPS) is 13.0. The van der Waals surface area contributed by atoms with Crippen LogP contribution in [-0.4, -0.2) is 18.5 Å². The molecule has 3 nitrogen and oxygen atoms in total. The number of hydrogen-bond donors (Lipinski definition) is 1. The van der Waals surface area contributed by atoms with Gasteiger partial charge in [0.05, 0.1) is 5.52 Å². The first-order chi connectivity index (χ1) is 8.62. The zero-order chi connectivity index (χ0) is 14.4. The molecule has 0 saturated heterocycles. The van der Waals surface area contributed by atoms with Crippen molar-refractivity contribution in [1.82, 2.24) is 10.2 Å². The molecule has 0 aliphatic carbocycles. The van der Waals surface area contributed by atoms with Crippen LogP contribution in [0.15, 0.2) is 12.1 Å². The Morgan fingerprint density at radius 2 is 1.95 bits per heavy atom. The van der Waals surface area contributed by atoms with Crippen molar-refractivity contribution in [2.24, 2.45) is 0 Å². The average molecular weight is 392 g/mol. The summed E-state index contributed by atoms with van der Waals surface area (Å²) in [5.74, 6) is -0.00390. The van der Waals surface area contributed by atoms with E-state index in [1.54, 1.807) is 6.07 Å². The molecular weight excluding hydrogens is 374 g/mol. The van der Waals surface area contributed by atoms with Gasteiger partial charge in [-0.05, 0) is 46.8 Å². The van der Waals surface area contributed by atoms with E-state index in [1.807, 2.05) is 0 Å². The maximum atomic E-state index is 14.1. The highest BCUT2D eigenvalue weighted by atomic mass is 127.